The number of anilines is 1. The van der Waals surface area contributed by atoms with Crippen molar-refractivity contribution in [1.82, 2.24) is 4.90 Å². The molecule has 108 valence electrons. The molecule has 2 saturated heterocycles. The van der Waals surface area contributed by atoms with E-state index >= 15 is 0 Å². The zero-order chi connectivity index (χ0) is 13.9. The lowest BCUT2D eigenvalue weighted by molar-refractivity contribution is 0.0697. The van der Waals surface area contributed by atoms with E-state index in [1.165, 1.54) is 38.8 Å². The molecular weight excluding hydrogens is 252 g/mol. The van der Waals surface area contributed by atoms with Crippen molar-refractivity contribution >= 4 is 11.7 Å². The van der Waals surface area contributed by atoms with Gasteiger partial charge >= 0.3 is 5.97 Å². The highest BCUT2D eigenvalue weighted by Crippen LogP contribution is 2.25. The molecule has 2 aliphatic rings. The molecule has 2 aliphatic heterocycles. The van der Waals surface area contributed by atoms with Gasteiger partial charge in [0.15, 0.2) is 0 Å². The van der Waals surface area contributed by atoms with Crippen molar-refractivity contribution in [2.45, 2.75) is 31.7 Å². The number of likely N-dealkylation sites (tertiary alicyclic amines) is 1. The van der Waals surface area contributed by atoms with Gasteiger partial charge in [-0.05, 0) is 50.6 Å². The fourth-order valence-electron chi connectivity index (χ4n) is 3.39. The number of carbonyl (C=O) groups is 1. The minimum absolute atomic E-state index is 0.379. The highest BCUT2D eigenvalue weighted by atomic mass is 16.4. The number of nitrogens with zero attached hydrogens (tertiary/aromatic N) is 2. The van der Waals surface area contributed by atoms with E-state index in [1.54, 1.807) is 12.1 Å². The van der Waals surface area contributed by atoms with Crippen LogP contribution in [0.4, 0.5) is 5.69 Å². The van der Waals surface area contributed by atoms with Gasteiger partial charge in [0.25, 0.3) is 0 Å². The number of rotatable bonds is 3. The molecule has 3 rings (SSSR count). The van der Waals surface area contributed by atoms with Crippen LogP contribution in [0.2, 0.25) is 0 Å². The van der Waals surface area contributed by atoms with Gasteiger partial charge in [-0.2, -0.15) is 0 Å². The van der Waals surface area contributed by atoms with Crippen LogP contribution >= 0.6 is 0 Å². The lowest BCUT2D eigenvalue weighted by Crippen LogP contribution is -2.40. The fourth-order valence-corrected chi connectivity index (χ4v) is 3.39. The Balaban J connectivity index is 1.67. The predicted molar refractivity (Wildman–Crippen MR) is 79.4 cm³/mol. The number of carboxylic acids is 1. The van der Waals surface area contributed by atoms with Crippen LogP contribution in [0.1, 0.15) is 36.0 Å². The Hall–Kier alpha value is -1.55. The Kier molecular flexibility index (Phi) is 3.92. The van der Waals surface area contributed by atoms with E-state index in [2.05, 4.69) is 9.80 Å². The average Bonchev–Trinajstić information content (AvgIpc) is 2.98. The standard InChI is InChI=1S/C16H22N2O2/c19-16(20)13-5-4-6-14(11-13)18-10-7-15(12-18)17-8-2-1-3-9-17/h4-6,11,15H,1-3,7-10,12H2,(H,19,20). The third kappa shape index (κ3) is 2.80. The summed E-state index contributed by atoms with van der Waals surface area (Å²) in [7, 11) is 0. The Morgan fingerprint density at radius 2 is 1.95 bits per heavy atom. The Labute approximate surface area is 120 Å². The fraction of sp³-hybridized carbons (Fsp3) is 0.562. The molecule has 0 spiro atoms. The van der Waals surface area contributed by atoms with Crippen LogP contribution in [0.25, 0.3) is 0 Å². The van der Waals surface area contributed by atoms with Crippen LogP contribution in [0, 0.1) is 0 Å². The van der Waals surface area contributed by atoms with Gasteiger partial charge in [-0.15, -0.1) is 0 Å². The zero-order valence-corrected chi connectivity index (χ0v) is 11.8. The molecule has 0 saturated carbocycles. The smallest absolute Gasteiger partial charge is 0.335 e. The predicted octanol–water partition coefficient (Wildman–Crippen LogP) is 2.45. The first-order valence-electron chi connectivity index (χ1n) is 7.56. The molecule has 0 amide bonds. The second-order valence-corrected chi connectivity index (χ2v) is 5.84. The van der Waals surface area contributed by atoms with E-state index in [0.717, 1.165) is 18.8 Å². The van der Waals surface area contributed by atoms with Crippen LogP contribution in [-0.2, 0) is 0 Å². The third-order valence-corrected chi connectivity index (χ3v) is 4.53. The molecule has 4 nitrogen and oxygen atoms in total. The summed E-state index contributed by atoms with van der Waals surface area (Å²) in [5, 5.41) is 9.08. The second-order valence-electron chi connectivity index (χ2n) is 5.84. The molecule has 2 fully saturated rings. The van der Waals surface area contributed by atoms with E-state index in [0.29, 0.717) is 11.6 Å². The molecule has 1 atom stereocenters. The van der Waals surface area contributed by atoms with Crippen LogP contribution in [0.5, 0.6) is 0 Å². The first-order chi connectivity index (χ1) is 9.74. The minimum atomic E-state index is -0.848. The molecule has 4 heteroatoms. The molecule has 1 unspecified atom stereocenters. The highest BCUT2D eigenvalue weighted by molar-refractivity contribution is 5.88. The Bertz CT molecular complexity index is 483. The number of aromatic carboxylic acids is 1. The third-order valence-electron chi connectivity index (χ3n) is 4.53. The molecule has 20 heavy (non-hydrogen) atoms. The number of carboxylic acid groups (broad SMARTS) is 1. The van der Waals surface area contributed by atoms with E-state index < -0.39 is 5.97 Å². The second kappa shape index (κ2) is 5.83. The number of piperidine rings is 1. The maximum absolute atomic E-state index is 11.1. The topological polar surface area (TPSA) is 43.8 Å². The summed E-state index contributed by atoms with van der Waals surface area (Å²) in [6.45, 7) is 4.52. The van der Waals surface area contributed by atoms with Crippen molar-refractivity contribution in [2.75, 3.05) is 31.1 Å². The van der Waals surface area contributed by atoms with Gasteiger partial charge in [0.2, 0.25) is 0 Å². The van der Waals surface area contributed by atoms with E-state index in [-0.39, 0.29) is 0 Å². The first kappa shape index (κ1) is 13.4. The SMILES string of the molecule is O=C(O)c1cccc(N2CCC(N3CCCCC3)C2)c1. The Morgan fingerprint density at radius 1 is 1.15 bits per heavy atom. The quantitative estimate of drug-likeness (QED) is 0.919. The van der Waals surface area contributed by atoms with Gasteiger partial charge in [-0.3, -0.25) is 4.90 Å². The summed E-state index contributed by atoms with van der Waals surface area (Å²) in [5.74, 6) is -0.848. The molecule has 0 bridgehead atoms. The van der Waals surface area contributed by atoms with Crippen LogP contribution in [0.15, 0.2) is 24.3 Å². The number of benzene rings is 1. The molecule has 0 aromatic heterocycles. The van der Waals surface area contributed by atoms with Crippen LogP contribution < -0.4 is 4.90 Å². The molecule has 1 aromatic rings. The number of hydrogen-bond acceptors (Lipinski definition) is 3. The lowest BCUT2D eigenvalue weighted by Gasteiger charge is -2.32. The summed E-state index contributed by atoms with van der Waals surface area (Å²) in [6, 6.07) is 7.95. The Morgan fingerprint density at radius 3 is 2.70 bits per heavy atom. The maximum Gasteiger partial charge on any atom is 0.335 e. The minimum Gasteiger partial charge on any atom is -0.478 e. The average molecular weight is 274 g/mol. The summed E-state index contributed by atoms with van der Waals surface area (Å²) in [4.78, 5) is 16.0. The largest absolute Gasteiger partial charge is 0.478 e. The molecule has 0 radical (unpaired) electrons. The van der Waals surface area contributed by atoms with Crippen molar-refractivity contribution in [3.8, 4) is 0 Å². The normalized spacial score (nSPS) is 24.0. The van der Waals surface area contributed by atoms with Gasteiger partial charge in [0, 0.05) is 24.8 Å². The summed E-state index contributed by atoms with van der Waals surface area (Å²) in [5.41, 5.74) is 1.42. The van der Waals surface area contributed by atoms with Crippen molar-refractivity contribution in [1.29, 1.82) is 0 Å². The van der Waals surface area contributed by atoms with E-state index in [1.807, 2.05) is 12.1 Å². The van der Waals surface area contributed by atoms with Crippen molar-refractivity contribution < 1.29 is 9.90 Å². The highest BCUT2D eigenvalue weighted by Gasteiger charge is 2.28. The van der Waals surface area contributed by atoms with Gasteiger partial charge in [0.1, 0.15) is 0 Å². The summed E-state index contributed by atoms with van der Waals surface area (Å²) < 4.78 is 0. The van der Waals surface area contributed by atoms with Gasteiger partial charge < -0.3 is 10.0 Å². The first-order valence-corrected chi connectivity index (χ1v) is 7.56. The van der Waals surface area contributed by atoms with E-state index in [9.17, 15) is 4.79 Å². The summed E-state index contributed by atoms with van der Waals surface area (Å²) >= 11 is 0. The monoisotopic (exact) mass is 274 g/mol. The van der Waals surface area contributed by atoms with Crippen molar-refractivity contribution in [3.05, 3.63) is 29.8 Å². The maximum atomic E-state index is 11.1. The van der Waals surface area contributed by atoms with Crippen LogP contribution in [-0.4, -0.2) is 48.2 Å². The number of hydrogen-bond donors (Lipinski definition) is 1. The van der Waals surface area contributed by atoms with Gasteiger partial charge in [-0.1, -0.05) is 12.5 Å². The van der Waals surface area contributed by atoms with Crippen molar-refractivity contribution in [3.63, 3.8) is 0 Å². The van der Waals surface area contributed by atoms with Gasteiger partial charge in [0.05, 0.1) is 5.56 Å². The zero-order valence-electron chi connectivity index (χ0n) is 11.8. The van der Waals surface area contributed by atoms with E-state index in [4.69, 9.17) is 5.11 Å². The molecule has 1 N–H and O–H groups in total. The molecule has 0 aliphatic carbocycles. The van der Waals surface area contributed by atoms with Crippen molar-refractivity contribution in [2.24, 2.45) is 0 Å². The van der Waals surface area contributed by atoms with Gasteiger partial charge in [-0.25, -0.2) is 4.79 Å². The molecule has 2 heterocycles. The van der Waals surface area contributed by atoms with Crippen LogP contribution in [0.3, 0.4) is 0 Å². The summed E-state index contributed by atoms with van der Waals surface area (Å²) in [6.07, 6.45) is 5.21. The molecule has 1 aromatic carbocycles. The molecular formula is C16H22N2O2. The lowest BCUT2D eigenvalue weighted by atomic mass is 10.1.